The second-order valence-electron chi connectivity index (χ2n) is 15.0. The summed E-state index contributed by atoms with van der Waals surface area (Å²) in [6.07, 6.45) is 8.69. The fraction of sp³-hybridized carbons (Fsp3) is 0.727. The quantitative estimate of drug-likeness (QED) is 0.379. The minimum atomic E-state index is -1.41. The molecule has 7 nitrogen and oxygen atoms in total. The summed E-state index contributed by atoms with van der Waals surface area (Å²) in [5.41, 5.74) is -2.81. The molecule has 0 spiro atoms. The highest BCUT2D eigenvalue weighted by atomic mass is 16.5. The summed E-state index contributed by atoms with van der Waals surface area (Å²) in [7, 11) is 2.98. The fourth-order valence-corrected chi connectivity index (χ4v) is 10.4. The smallest absolute Gasteiger partial charge is 0.312 e. The van der Waals surface area contributed by atoms with Gasteiger partial charge >= 0.3 is 5.97 Å². The average molecular weight is 549 g/mol. The first-order valence-corrected chi connectivity index (χ1v) is 14.8. The van der Waals surface area contributed by atoms with Gasteiger partial charge in [-0.2, -0.15) is 5.26 Å². The summed E-state index contributed by atoms with van der Waals surface area (Å²) in [5.74, 6) is -1.84. The van der Waals surface area contributed by atoms with Crippen molar-refractivity contribution in [3.05, 3.63) is 23.3 Å². The minimum absolute atomic E-state index is 0.0126. The maximum Gasteiger partial charge on any atom is 0.312 e. The van der Waals surface area contributed by atoms with Gasteiger partial charge in [0.05, 0.1) is 18.1 Å². The fourth-order valence-electron chi connectivity index (χ4n) is 10.4. The number of nitriles is 1. The third-order valence-electron chi connectivity index (χ3n) is 12.9. The zero-order chi connectivity index (χ0) is 29.7. The van der Waals surface area contributed by atoms with Gasteiger partial charge in [-0.3, -0.25) is 19.2 Å². The van der Waals surface area contributed by atoms with E-state index in [-0.39, 0.29) is 40.5 Å². The zero-order valence-corrected chi connectivity index (χ0v) is 25.3. The van der Waals surface area contributed by atoms with E-state index in [1.807, 2.05) is 6.92 Å². The van der Waals surface area contributed by atoms with Gasteiger partial charge in [-0.25, -0.2) is 0 Å². The van der Waals surface area contributed by atoms with Crippen LogP contribution < -0.4 is 5.32 Å². The Morgan fingerprint density at radius 2 is 1.68 bits per heavy atom. The van der Waals surface area contributed by atoms with E-state index in [4.69, 9.17) is 4.74 Å². The summed E-state index contributed by atoms with van der Waals surface area (Å²) in [6.45, 7) is 12.6. The number of amides is 1. The summed E-state index contributed by atoms with van der Waals surface area (Å²) in [6, 6.07) is 2.07. The number of Topliss-reactive ketones (excluding diaryl/α,β-unsaturated/α-hetero) is 1. The number of allylic oxidation sites excluding steroid dienone is 4. The summed E-state index contributed by atoms with van der Waals surface area (Å²) in [4.78, 5) is 54.7. The second-order valence-corrected chi connectivity index (χ2v) is 15.0. The van der Waals surface area contributed by atoms with Crippen LogP contribution >= 0.6 is 0 Å². The third kappa shape index (κ3) is 3.28. The number of nitrogens with one attached hydrogen (secondary N) is 1. The molecule has 5 aliphatic rings. The van der Waals surface area contributed by atoms with Crippen LogP contribution in [0.2, 0.25) is 0 Å². The van der Waals surface area contributed by atoms with Crippen LogP contribution in [0.3, 0.4) is 0 Å². The Balaban J connectivity index is 1.72. The molecule has 1 N–H and O–H groups in total. The van der Waals surface area contributed by atoms with Gasteiger partial charge in [-0.15, -0.1) is 0 Å². The van der Waals surface area contributed by atoms with Crippen LogP contribution in [-0.2, 0) is 23.9 Å². The van der Waals surface area contributed by atoms with Crippen molar-refractivity contribution in [2.24, 2.45) is 50.2 Å². The van der Waals surface area contributed by atoms with Gasteiger partial charge in [0.2, 0.25) is 5.91 Å². The van der Waals surface area contributed by atoms with E-state index in [0.29, 0.717) is 19.3 Å². The van der Waals surface area contributed by atoms with Crippen LogP contribution in [-0.4, -0.2) is 37.6 Å². The van der Waals surface area contributed by atoms with Crippen LogP contribution in [0.4, 0.5) is 0 Å². The number of ketones is 2. The Bertz CT molecular complexity index is 1320. The molecule has 0 aliphatic heterocycles. The number of carbonyl (C=O) groups is 4. The van der Waals surface area contributed by atoms with Gasteiger partial charge in [-0.05, 0) is 86.0 Å². The lowest BCUT2D eigenvalue weighted by Gasteiger charge is -2.68. The lowest BCUT2D eigenvalue weighted by Crippen LogP contribution is -2.66. The predicted molar refractivity (Wildman–Crippen MR) is 149 cm³/mol. The maximum absolute atomic E-state index is 14.5. The Morgan fingerprint density at radius 3 is 2.27 bits per heavy atom. The molecule has 3 fully saturated rings. The molecule has 0 heterocycles. The number of nitrogens with zero attached hydrogens (tertiary/aromatic N) is 1. The molecular weight excluding hydrogens is 504 g/mol. The van der Waals surface area contributed by atoms with Crippen molar-refractivity contribution in [1.29, 1.82) is 5.26 Å². The number of ether oxygens (including phenoxy) is 1. The maximum atomic E-state index is 14.5. The monoisotopic (exact) mass is 548 g/mol. The van der Waals surface area contributed by atoms with Crippen molar-refractivity contribution < 1.29 is 23.9 Å². The first-order chi connectivity index (χ1) is 18.5. The van der Waals surface area contributed by atoms with E-state index in [0.717, 1.165) is 31.3 Å². The molecule has 5 aliphatic carbocycles. The van der Waals surface area contributed by atoms with Crippen LogP contribution in [0.1, 0.15) is 86.5 Å². The molecule has 1 amide bonds. The topological polar surface area (TPSA) is 113 Å². The van der Waals surface area contributed by atoms with Gasteiger partial charge < -0.3 is 10.1 Å². The van der Waals surface area contributed by atoms with E-state index in [1.165, 1.54) is 14.2 Å². The molecule has 0 aromatic carbocycles. The number of esters is 1. The largest absolute Gasteiger partial charge is 0.469 e. The van der Waals surface area contributed by atoms with E-state index in [9.17, 15) is 24.4 Å². The van der Waals surface area contributed by atoms with Crippen molar-refractivity contribution in [3.63, 3.8) is 0 Å². The molecule has 3 saturated carbocycles. The Morgan fingerprint density at radius 1 is 1.02 bits per heavy atom. The lowest BCUT2D eigenvalue weighted by molar-refractivity contribution is -0.191. The highest BCUT2D eigenvalue weighted by Gasteiger charge is 2.72. The Hall–Kier alpha value is -2.75. The van der Waals surface area contributed by atoms with Crippen molar-refractivity contribution in [1.82, 2.24) is 5.32 Å². The molecule has 2 unspecified atom stereocenters. The van der Waals surface area contributed by atoms with E-state index >= 15 is 0 Å². The van der Waals surface area contributed by atoms with Crippen molar-refractivity contribution in [2.45, 2.75) is 86.5 Å². The van der Waals surface area contributed by atoms with Crippen LogP contribution in [0.5, 0.6) is 0 Å². The number of methoxy groups -OCH3 is 1. The summed E-state index contributed by atoms with van der Waals surface area (Å²) >= 11 is 0. The number of fused-ring (bicyclic) bond motifs is 7. The molecule has 0 radical (unpaired) electrons. The average Bonchev–Trinajstić information content (AvgIpc) is 2.90. The number of carbonyl (C=O) groups excluding carboxylic acids is 4. The third-order valence-corrected chi connectivity index (χ3v) is 12.9. The molecule has 5 rings (SSSR count). The molecule has 0 bridgehead atoms. The van der Waals surface area contributed by atoms with Gasteiger partial charge in [-0.1, -0.05) is 46.3 Å². The highest BCUT2D eigenvalue weighted by Crippen LogP contribution is 2.74. The highest BCUT2D eigenvalue weighted by molar-refractivity contribution is 6.16. The van der Waals surface area contributed by atoms with Crippen molar-refractivity contribution in [2.75, 3.05) is 14.2 Å². The lowest BCUT2D eigenvalue weighted by atomic mass is 9.34. The van der Waals surface area contributed by atoms with Gasteiger partial charge in [0, 0.05) is 18.4 Å². The number of rotatable bonds is 2. The predicted octanol–water partition coefficient (Wildman–Crippen LogP) is 5.11. The normalized spacial score (nSPS) is 45.3. The molecule has 216 valence electrons. The summed E-state index contributed by atoms with van der Waals surface area (Å²) in [5, 5.41) is 12.7. The van der Waals surface area contributed by atoms with Gasteiger partial charge in [0.25, 0.3) is 0 Å². The number of hydrogen-bond acceptors (Lipinski definition) is 6. The minimum Gasteiger partial charge on any atom is -0.469 e. The Kier molecular flexibility index (Phi) is 6.21. The van der Waals surface area contributed by atoms with E-state index < -0.39 is 38.8 Å². The van der Waals surface area contributed by atoms with Crippen LogP contribution in [0.15, 0.2) is 23.3 Å². The molecule has 8 atom stereocenters. The first-order valence-electron chi connectivity index (χ1n) is 14.8. The first kappa shape index (κ1) is 28.8. The number of hydrogen-bond donors (Lipinski definition) is 1. The molecule has 0 saturated heterocycles. The SMILES string of the molecule is CNC(=O)[C@]1(C)C(=O)C(C#N)=C[C@]2(C)C3=CC(=O)C4C5CC(C)(C)CC[C@]5(C(=O)OC)CC[C@@]4(C)[C@]3(C)CC[C@@H]12. The van der Waals surface area contributed by atoms with Gasteiger partial charge in [0.1, 0.15) is 11.5 Å². The second kappa shape index (κ2) is 8.63. The summed E-state index contributed by atoms with van der Waals surface area (Å²) < 4.78 is 5.40. The molecule has 0 aromatic rings. The van der Waals surface area contributed by atoms with E-state index in [1.54, 1.807) is 19.1 Å². The van der Waals surface area contributed by atoms with Crippen molar-refractivity contribution >= 4 is 23.4 Å². The van der Waals surface area contributed by atoms with Crippen molar-refractivity contribution in [3.8, 4) is 6.07 Å². The van der Waals surface area contributed by atoms with E-state index in [2.05, 4.69) is 39.1 Å². The molecule has 0 aromatic heterocycles. The zero-order valence-electron chi connectivity index (χ0n) is 25.3. The molecule has 40 heavy (non-hydrogen) atoms. The van der Waals surface area contributed by atoms with Gasteiger partial charge in [0.15, 0.2) is 11.6 Å². The van der Waals surface area contributed by atoms with Crippen LogP contribution in [0.25, 0.3) is 0 Å². The standard InChI is InChI=1S/C33H44N2O5/c1-28(2)11-13-33(27(39)40-8)14-12-31(5)24(20(33)17-28)21(36)15-23-29(3)16-19(18-34)25(37)32(6,26(38)35-7)22(29)9-10-30(23,31)4/h15-16,20,22,24H,9-14,17H2,1-8H3,(H,35,38)/t20?,22-,24?,29+,30-,31-,32+,33+/m1/s1. The molecule has 7 heteroatoms. The van der Waals surface area contributed by atoms with Crippen LogP contribution in [0, 0.1) is 61.6 Å². The molecular formula is C33H44N2O5. The Labute approximate surface area is 238 Å².